The molecule has 2 unspecified atom stereocenters. The van der Waals surface area contributed by atoms with Gasteiger partial charge in [0.2, 0.25) is 0 Å². The summed E-state index contributed by atoms with van der Waals surface area (Å²) in [6.07, 6.45) is 6.46. The first kappa shape index (κ1) is 9.97. The Morgan fingerprint density at radius 3 is 3.00 bits per heavy atom. The molecule has 0 spiro atoms. The summed E-state index contributed by atoms with van der Waals surface area (Å²) in [6.45, 7) is 2.32. The highest BCUT2D eigenvalue weighted by atomic mass is 35.5. The zero-order chi connectivity index (χ0) is 10.0. The summed E-state index contributed by atoms with van der Waals surface area (Å²) in [5.74, 6) is 0. The fourth-order valence-electron chi connectivity index (χ4n) is 2.34. The standard InChI is InChI=1S/C12H16ClN/c1-12(6-5-10(13)8-12)9-11-4-2-3-7-14-11/h2-4,7,10H,5-6,8-9H2,1H3. The van der Waals surface area contributed by atoms with Gasteiger partial charge in [-0.05, 0) is 43.2 Å². The third kappa shape index (κ3) is 2.27. The monoisotopic (exact) mass is 209 g/mol. The topological polar surface area (TPSA) is 12.9 Å². The Kier molecular flexibility index (Phi) is 2.78. The predicted octanol–water partition coefficient (Wildman–Crippen LogP) is 3.42. The van der Waals surface area contributed by atoms with E-state index in [1.807, 2.05) is 12.3 Å². The van der Waals surface area contributed by atoms with Crippen LogP contribution in [0.2, 0.25) is 0 Å². The van der Waals surface area contributed by atoms with E-state index in [0.29, 0.717) is 10.8 Å². The van der Waals surface area contributed by atoms with E-state index in [1.165, 1.54) is 12.1 Å². The van der Waals surface area contributed by atoms with Crippen molar-refractivity contribution >= 4 is 11.6 Å². The number of nitrogens with zero attached hydrogens (tertiary/aromatic N) is 1. The second kappa shape index (κ2) is 3.90. The van der Waals surface area contributed by atoms with E-state index in [0.717, 1.165) is 19.3 Å². The minimum Gasteiger partial charge on any atom is -0.261 e. The second-order valence-corrected chi connectivity index (χ2v) is 5.27. The minimum atomic E-state index is 0.376. The lowest BCUT2D eigenvalue weighted by molar-refractivity contribution is 0.331. The Hall–Kier alpha value is -0.560. The van der Waals surface area contributed by atoms with Crippen molar-refractivity contribution in [1.82, 2.24) is 4.98 Å². The van der Waals surface area contributed by atoms with Gasteiger partial charge in [-0.3, -0.25) is 4.98 Å². The van der Waals surface area contributed by atoms with Gasteiger partial charge in [0.15, 0.2) is 0 Å². The zero-order valence-electron chi connectivity index (χ0n) is 8.54. The molecule has 0 aromatic carbocycles. The van der Waals surface area contributed by atoms with Gasteiger partial charge in [0.25, 0.3) is 0 Å². The largest absolute Gasteiger partial charge is 0.261 e. The lowest BCUT2D eigenvalue weighted by Crippen LogP contribution is -2.16. The van der Waals surface area contributed by atoms with E-state index in [9.17, 15) is 0 Å². The number of pyridine rings is 1. The molecule has 1 saturated carbocycles. The third-order valence-corrected chi connectivity index (χ3v) is 3.48. The molecule has 76 valence electrons. The molecule has 0 bridgehead atoms. The SMILES string of the molecule is CC1(Cc2ccccn2)CCC(Cl)C1. The Labute approximate surface area is 90.5 Å². The van der Waals surface area contributed by atoms with Crippen LogP contribution in [0.1, 0.15) is 31.9 Å². The molecule has 0 N–H and O–H groups in total. The number of rotatable bonds is 2. The van der Waals surface area contributed by atoms with Crippen molar-refractivity contribution < 1.29 is 0 Å². The zero-order valence-corrected chi connectivity index (χ0v) is 9.30. The van der Waals surface area contributed by atoms with Crippen LogP contribution in [0.15, 0.2) is 24.4 Å². The lowest BCUT2D eigenvalue weighted by atomic mass is 9.84. The minimum absolute atomic E-state index is 0.376. The van der Waals surface area contributed by atoms with Gasteiger partial charge in [0.1, 0.15) is 0 Å². The normalized spacial score (nSPS) is 32.0. The van der Waals surface area contributed by atoms with Crippen LogP contribution < -0.4 is 0 Å². The van der Waals surface area contributed by atoms with Crippen LogP contribution >= 0.6 is 11.6 Å². The van der Waals surface area contributed by atoms with Crippen molar-refractivity contribution in [1.29, 1.82) is 0 Å². The van der Waals surface area contributed by atoms with Crippen LogP contribution in [0, 0.1) is 5.41 Å². The Balaban J connectivity index is 2.04. The van der Waals surface area contributed by atoms with Crippen molar-refractivity contribution in [3.63, 3.8) is 0 Å². The lowest BCUT2D eigenvalue weighted by Gasteiger charge is -2.22. The summed E-state index contributed by atoms with van der Waals surface area (Å²) in [5.41, 5.74) is 1.57. The van der Waals surface area contributed by atoms with Gasteiger partial charge < -0.3 is 0 Å². The van der Waals surface area contributed by atoms with Gasteiger partial charge in [0, 0.05) is 17.3 Å². The Morgan fingerprint density at radius 1 is 1.57 bits per heavy atom. The van der Waals surface area contributed by atoms with Gasteiger partial charge in [-0.2, -0.15) is 0 Å². The first-order valence-electron chi connectivity index (χ1n) is 5.22. The van der Waals surface area contributed by atoms with Crippen LogP contribution in [0.4, 0.5) is 0 Å². The van der Waals surface area contributed by atoms with E-state index in [4.69, 9.17) is 11.6 Å². The van der Waals surface area contributed by atoms with Crippen molar-refractivity contribution in [2.75, 3.05) is 0 Å². The summed E-state index contributed by atoms with van der Waals surface area (Å²) in [6, 6.07) is 6.12. The fraction of sp³-hybridized carbons (Fsp3) is 0.583. The summed E-state index contributed by atoms with van der Waals surface area (Å²) in [4.78, 5) is 4.37. The molecule has 0 saturated heterocycles. The van der Waals surface area contributed by atoms with E-state index >= 15 is 0 Å². The number of aromatic nitrogens is 1. The van der Waals surface area contributed by atoms with Gasteiger partial charge in [-0.25, -0.2) is 0 Å². The van der Waals surface area contributed by atoms with Crippen LogP contribution in [-0.2, 0) is 6.42 Å². The molecule has 2 heteroatoms. The average Bonchev–Trinajstić information content (AvgIpc) is 2.47. The highest BCUT2D eigenvalue weighted by Gasteiger charge is 2.34. The number of halogens is 1. The van der Waals surface area contributed by atoms with Crippen LogP contribution in [0.5, 0.6) is 0 Å². The van der Waals surface area contributed by atoms with E-state index in [-0.39, 0.29) is 0 Å². The van der Waals surface area contributed by atoms with Crippen LogP contribution in [-0.4, -0.2) is 10.4 Å². The average molecular weight is 210 g/mol. The quantitative estimate of drug-likeness (QED) is 0.681. The Bertz CT molecular complexity index is 298. The van der Waals surface area contributed by atoms with E-state index in [1.54, 1.807) is 0 Å². The molecule has 1 aromatic rings. The number of alkyl halides is 1. The molecule has 1 heterocycles. The predicted molar refractivity (Wildman–Crippen MR) is 59.5 cm³/mol. The molecule has 1 aliphatic carbocycles. The second-order valence-electron chi connectivity index (χ2n) is 4.65. The molecule has 0 radical (unpaired) electrons. The smallest absolute Gasteiger partial charge is 0.0409 e. The Morgan fingerprint density at radius 2 is 2.43 bits per heavy atom. The van der Waals surface area contributed by atoms with Crippen molar-refractivity contribution in [3.8, 4) is 0 Å². The van der Waals surface area contributed by atoms with Gasteiger partial charge in [0.05, 0.1) is 0 Å². The van der Waals surface area contributed by atoms with Gasteiger partial charge in [-0.1, -0.05) is 13.0 Å². The first-order chi connectivity index (χ1) is 6.68. The summed E-state index contributed by atoms with van der Waals surface area (Å²) in [7, 11) is 0. The highest BCUT2D eigenvalue weighted by Crippen LogP contribution is 2.42. The molecule has 1 aliphatic rings. The maximum Gasteiger partial charge on any atom is 0.0409 e. The maximum absolute atomic E-state index is 6.14. The van der Waals surface area contributed by atoms with E-state index < -0.39 is 0 Å². The summed E-state index contributed by atoms with van der Waals surface area (Å²) < 4.78 is 0. The molecule has 1 nitrogen and oxygen atoms in total. The number of hydrogen-bond acceptors (Lipinski definition) is 1. The molecular weight excluding hydrogens is 194 g/mol. The van der Waals surface area contributed by atoms with E-state index in [2.05, 4.69) is 24.0 Å². The molecule has 1 aromatic heterocycles. The third-order valence-electron chi connectivity index (χ3n) is 3.11. The molecular formula is C12H16ClN. The fourth-order valence-corrected chi connectivity index (χ4v) is 2.83. The molecule has 0 amide bonds. The van der Waals surface area contributed by atoms with Crippen LogP contribution in [0.3, 0.4) is 0 Å². The summed E-state index contributed by atoms with van der Waals surface area (Å²) in [5, 5.41) is 0.378. The van der Waals surface area contributed by atoms with Gasteiger partial charge in [-0.15, -0.1) is 11.6 Å². The van der Waals surface area contributed by atoms with Crippen LogP contribution in [0.25, 0.3) is 0 Å². The molecule has 0 aliphatic heterocycles. The molecule has 2 atom stereocenters. The number of hydrogen-bond donors (Lipinski definition) is 0. The summed E-state index contributed by atoms with van der Waals surface area (Å²) >= 11 is 6.14. The molecule has 1 fully saturated rings. The first-order valence-corrected chi connectivity index (χ1v) is 5.66. The van der Waals surface area contributed by atoms with Crippen molar-refractivity contribution in [2.45, 2.75) is 38.0 Å². The molecule has 2 rings (SSSR count). The van der Waals surface area contributed by atoms with Crippen molar-refractivity contribution in [2.24, 2.45) is 5.41 Å². The highest BCUT2D eigenvalue weighted by molar-refractivity contribution is 6.20. The van der Waals surface area contributed by atoms with Gasteiger partial charge >= 0.3 is 0 Å². The van der Waals surface area contributed by atoms with Crippen molar-refractivity contribution in [3.05, 3.63) is 30.1 Å². The maximum atomic E-state index is 6.14. The molecule has 14 heavy (non-hydrogen) atoms.